The zero-order valence-electron chi connectivity index (χ0n) is 13.9. The molecule has 2 aromatic heterocycles. The lowest BCUT2D eigenvalue weighted by atomic mass is 10.3. The van der Waals surface area contributed by atoms with Crippen LogP contribution in [-0.2, 0) is 18.5 Å². The first-order valence-electron chi connectivity index (χ1n) is 7.45. The average molecular weight is 422 g/mol. The van der Waals surface area contributed by atoms with E-state index in [9.17, 15) is 0 Å². The molecule has 0 N–H and O–H groups in total. The monoisotopic (exact) mass is 421 g/mol. The van der Waals surface area contributed by atoms with Gasteiger partial charge in [-0.05, 0) is 49.6 Å². The molecule has 25 heavy (non-hydrogen) atoms. The molecule has 0 saturated carbocycles. The summed E-state index contributed by atoms with van der Waals surface area (Å²) in [6.45, 7) is 4.12. The molecule has 7 nitrogen and oxygen atoms in total. The first kappa shape index (κ1) is 17.6. The number of halogens is 1. The molecule has 0 spiro atoms. The molecule has 0 radical (unpaired) electrons. The normalized spacial score (nSPS) is 11.2. The van der Waals surface area contributed by atoms with Crippen molar-refractivity contribution < 1.29 is 9.57 Å². The Bertz CT molecular complexity index is 889. The smallest absolute Gasteiger partial charge is 0.226 e. The fourth-order valence-electron chi connectivity index (χ4n) is 2.11. The van der Waals surface area contributed by atoms with Gasteiger partial charge >= 0.3 is 0 Å². The first-order chi connectivity index (χ1) is 12.0. The van der Waals surface area contributed by atoms with Gasteiger partial charge in [-0.3, -0.25) is 0 Å². The molecule has 0 aliphatic carbocycles. The Balaban J connectivity index is 1.73. The molecule has 0 fully saturated rings. The first-order valence-corrected chi connectivity index (χ1v) is 9.01. The van der Waals surface area contributed by atoms with E-state index in [4.69, 9.17) is 9.57 Å². The SMILES string of the molecule is Cc1nnsc1CO/N=C/c1c(C)nn(C)c1Oc1ccc(Br)cc1. The Kier molecular flexibility index (Phi) is 5.44. The van der Waals surface area contributed by atoms with Crippen LogP contribution in [0, 0.1) is 13.8 Å². The second kappa shape index (κ2) is 7.75. The molecule has 0 amide bonds. The van der Waals surface area contributed by atoms with Gasteiger partial charge in [0.2, 0.25) is 5.88 Å². The van der Waals surface area contributed by atoms with Crippen molar-refractivity contribution in [1.82, 2.24) is 19.4 Å². The van der Waals surface area contributed by atoms with Crippen LogP contribution in [-0.4, -0.2) is 25.6 Å². The van der Waals surface area contributed by atoms with E-state index in [1.165, 1.54) is 11.5 Å². The topological polar surface area (TPSA) is 74.4 Å². The largest absolute Gasteiger partial charge is 0.439 e. The minimum absolute atomic E-state index is 0.336. The zero-order valence-corrected chi connectivity index (χ0v) is 16.3. The highest BCUT2D eigenvalue weighted by atomic mass is 79.9. The molecule has 3 rings (SSSR count). The van der Waals surface area contributed by atoms with Crippen LogP contribution in [0.1, 0.15) is 21.8 Å². The van der Waals surface area contributed by atoms with Crippen LogP contribution >= 0.6 is 27.5 Å². The van der Waals surface area contributed by atoms with E-state index in [0.717, 1.165) is 26.3 Å². The maximum Gasteiger partial charge on any atom is 0.226 e. The van der Waals surface area contributed by atoms with Gasteiger partial charge in [-0.1, -0.05) is 25.6 Å². The van der Waals surface area contributed by atoms with Crippen LogP contribution in [0.3, 0.4) is 0 Å². The average Bonchev–Trinajstić information content (AvgIpc) is 3.10. The second-order valence-electron chi connectivity index (χ2n) is 5.27. The van der Waals surface area contributed by atoms with Crippen molar-refractivity contribution >= 4 is 33.7 Å². The van der Waals surface area contributed by atoms with Crippen LogP contribution in [0.25, 0.3) is 0 Å². The van der Waals surface area contributed by atoms with Crippen molar-refractivity contribution in [3.63, 3.8) is 0 Å². The molecular formula is C16H16BrN5O2S. The summed E-state index contributed by atoms with van der Waals surface area (Å²) in [5, 5.41) is 12.4. The number of aromatic nitrogens is 4. The van der Waals surface area contributed by atoms with Crippen molar-refractivity contribution in [2.45, 2.75) is 20.5 Å². The molecule has 0 bridgehead atoms. The van der Waals surface area contributed by atoms with Gasteiger partial charge in [-0.25, -0.2) is 4.68 Å². The number of oxime groups is 1. The molecule has 0 aliphatic heterocycles. The van der Waals surface area contributed by atoms with E-state index in [-0.39, 0.29) is 0 Å². The maximum absolute atomic E-state index is 5.95. The summed E-state index contributed by atoms with van der Waals surface area (Å²) in [5.41, 5.74) is 2.43. The number of rotatable bonds is 6. The van der Waals surface area contributed by atoms with Crippen LogP contribution in [0.5, 0.6) is 11.6 Å². The van der Waals surface area contributed by atoms with E-state index in [2.05, 4.69) is 35.8 Å². The molecule has 130 valence electrons. The van der Waals surface area contributed by atoms with Gasteiger partial charge in [0.05, 0.1) is 28.0 Å². The highest BCUT2D eigenvalue weighted by Crippen LogP contribution is 2.27. The summed E-state index contributed by atoms with van der Waals surface area (Å²) in [6, 6.07) is 7.59. The lowest BCUT2D eigenvalue weighted by Crippen LogP contribution is -1.97. The van der Waals surface area contributed by atoms with E-state index < -0.39 is 0 Å². The third-order valence-electron chi connectivity index (χ3n) is 3.44. The predicted octanol–water partition coefficient (Wildman–Crippen LogP) is 3.99. The van der Waals surface area contributed by atoms with Gasteiger partial charge in [0.25, 0.3) is 0 Å². The number of hydrogen-bond donors (Lipinski definition) is 0. The fraction of sp³-hybridized carbons (Fsp3) is 0.250. The van der Waals surface area contributed by atoms with Crippen LogP contribution in [0.4, 0.5) is 0 Å². The van der Waals surface area contributed by atoms with Gasteiger partial charge in [-0.2, -0.15) is 5.10 Å². The summed E-state index contributed by atoms with van der Waals surface area (Å²) in [7, 11) is 1.83. The van der Waals surface area contributed by atoms with Crippen LogP contribution < -0.4 is 4.74 Å². The highest BCUT2D eigenvalue weighted by molar-refractivity contribution is 9.10. The molecule has 0 unspecified atom stereocenters. The third-order valence-corrected chi connectivity index (χ3v) is 4.77. The summed E-state index contributed by atoms with van der Waals surface area (Å²) in [4.78, 5) is 6.30. The van der Waals surface area contributed by atoms with E-state index in [1.54, 1.807) is 10.9 Å². The minimum atomic E-state index is 0.336. The molecular weight excluding hydrogens is 406 g/mol. The molecule has 2 heterocycles. The number of ether oxygens (including phenoxy) is 1. The van der Waals surface area contributed by atoms with Gasteiger partial charge in [0.15, 0.2) is 6.61 Å². The van der Waals surface area contributed by atoms with E-state index >= 15 is 0 Å². The quantitative estimate of drug-likeness (QED) is 0.444. The van der Waals surface area contributed by atoms with Gasteiger partial charge in [0.1, 0.15) is 5.75 Å². The highest BCUT2D eigenvalue weighted by Gasteiger charge is 2.14. The number of aryl methyl sites for hydroxylation is 3. The third kappa shape index (κ3) is 4.23. The minimum Gasteiger partial charge on any atom is -0.439 e. The Morgan fingerprint density at radius 3 is 2.68 bits per heavy atom. The van der Waals surface area contributed by atoms with Gasteiger partial charge in [-0.15, -0.1) is 5.10 Å². The molecule has 1 aromatic carbocycles. The Morgan fingerprint density at radius 1 is 1.24 bits per heavy atom. The van der Waals surface area contributed by atoms with Crippen molar-refractivity contribution in [3.8, 4) is 11.6 Å². The molecule has 9 heteroatoms. The number of hydrogen-bond acceptors (Lipinski definition) is 7. The standard InChI is InChI=1S/C16H16BrN5O2S/c1-10-14(8-18-23-9-15-11(2)19-21-25-15)16(22(3)20-10)24-13-6-4-12(17)5-7-13/h4-8H,9H2,1-3H3/b18-8+. The van der Waals surface area contributed by atoms with E-state index in [1.807, 2.05) is 45.2 Å². The summed E-state index contributed by atoms with van der Waals surface area (Å²) >= 11 is 4.71. The van der Waals surface area contributed by atoms with Crippen molar-refractivity contribution in [1.29, 1.82) is 0 Å². The fourth-order valence-corrected chi connectivity index (χ4v) is 2.91. The Morgan fingerprint density at radius 2 is 2.00 bits per heavy atom. The molecule has 0 saturated heterocycles. The molecule has 3 aromatic rings. The van der Waals surface area contributed by atoms with Crippen molar-refractivity contribution in [3.05, 3.63) is 50.6 Å². The van der Waals surface area contributed by atoms with Crippen LogP contribution in [0.2, 0.25) is 0 Å². The number of benzene rings is 1. The van der Waals surface area contributed by atoms with Gasteiger partial charge < -0.3 is 9.57 Å². The number of nitrogens with zero attached hydrogens (tertiary/aromatic N) is 5. The molecule has 0 atom stereocenters. The zero-order chi connectivity index (χ0) is 17.8. The summed E-state index contributed by atoms with van der Waals surface area (Å²) < 4.78 is 12.5. The Hall–Kier alpha value is -2.26. The predicted molar refractivity (Wildman–Crippen MR) is 99.2 cm³/mol. The van der Waals surface area contributed by atoms with Gasteiger partial charge in [0, 0.05) is 11.5 Å². The van der Waals surface area contributed by atoms with E-state index in [0.29, 0.717) is 18.2 Å². The molecule has 0 aliphatic rings. The van der Waals surface area contributed by atoms with Crippen molar-refractivity contribution in [2.24, 2.45) is 12.2 Å². The lowest BCUT2D eigenvalue weighted by Gasteiger charge is -2.07. The van der Waals surface area contributed by atoms with Crippen molar-refractivity contribution in [2.75, 3.05) is 0 Å². The lowest BCUT2D eigenvalue weighted by molar-refractivity contribution is 0.134. The maximum atomic E-state index is 5.95. The summed E-state index contributed by atoms with van der Waals surface area (Å²) in [6.07, 6.45) is 1.61. The van der Waals surface area contributed by atoms with Crippen LogP contribution in [0.15, 0.2) is 33.9 Å². The Labute approximate surface area is 157 Å². The summed E-state index contributed by atoms with van der Waals surface area (Å²) in [5.74, 6) is 1.32. The second-order valence-corrected chi connectivity index (χ2v) is 7.03.